The van der Waals surface area contributed by atoms with Crippen LogP contribution in [0.5, 0.6) is 5.75 Å². The van der Waals surface area contributed by atoms with Crippen LogP contribution in [0.15, 0.2) is 66.4 Å². The molecule has 3 N–H and O–H groups in total. The fourth-order valence-electron chi connectivity index (χ4n) is 3.85. The number of benzene rings is 2. The van der Waals surface area contributed by atoms with Crippen molar-refractivity contribution in [3.63, 3.8) is 0 Å². The maximum Gasteiger partial charge on any atom is 0.326 e. The third kappa shape index (κ3) is 3.65. The van der Waals surface area contributed by atoms with Gasteiger partial charge < -0.3 is 20.1 Å². The SMILES string of the molecule is COc1ccc(-c2csc3ncnc(NC(Cc4c[nH]c5ccccc45)C(=O)O)c23)cc1. The first kappa shape index (κ1) is 20.0. The molecule has 5 rings (SSSR count). The number of methoxy groups -OCH3 is 1. The Balaban J connectivity index is 1.51. The Labute approximate surface area is 187 Å². The van der Waals surface area contributed by atoms with Gasteiger partial charge >= 0.3 is 5.97 Å². The zero-order chi connectivity index (χ0) is 22.1. The predicted molar refractivity (Wildman–Crippen MR) is 126 cm³/mol. The summed E-state index contributed by atoms with van der Waals surface area (Å²) in [6, 6.07) is 14.7. The van der Waals surface area contributed by atoms with Gasteiger partial charge in [-0.25, -0.2) is 14.8 Å². The zero-order valence-corrected chi connectivity index (χ0v) is 18.0. The third-order valence-electron chi connectivity index (χ3n) is 5.48. The lowest BCUT2D eigenvalue weighted by atomic mass is 10.0. The first-order valence-electron chi connectivity index (χ1n) is 10.0. The van der Waals surface area contributed by atoms with Gasteiger partial charge in [0.1, 0.15) is 28.8 Å². The van der Waals surface area contributed by atoms with Crippen molar-refractivity contribution in [3.05, 3.63) is 72.0 Å². The van der Waals surface area contributed by atoms with Crippen LogP contribution in [0.25, 0.3) is 32.2 Å². The monoisotopic (exact) mass is 444 g/mol. The standard InChI is InChI=1S/C24H20N4O3S/c1-31-16-8-6-14(7-9-16)18-12-32-23-21(18)22(26-13-27-23)28-20(24(29)30)10-15-11-25-19-5-3-2-4-17(15)19/h2-9,11-13,20,25H,10H2,1H3,(H,29,30)(H,26,27,28). The number of nitrogens with zero attached hydrogens (tertiary/aromatic N) is 2. The lowest BCUT2D eigenvalue weighted by Crippen LogP contribution is -2.32. The van der Waals surface area contributed by atoms with E-state index in [1.165, 1.54) is 17.7 Å². The van der Waals surface area contributed by atoms with Crippen molar-refractivity contribution in [3.8, 4) is 16.9 Å². The maximum atomic E-state index is 12.1. The Morgan fingerprint density at radius 1 is 1.19 bits per heavy atom. The smallest absolute Gasteiger partial charge is 0.326 e. The van der Waals surface area contributed by atoms with Crippen molar-refractivity contribution >= 4 is 44.2 Å². The van der Waals surface area contributed by atoms with Gasteiger partial charge in [0.15, 0.2) is 0 Å². The highest BCUT2D eigenvalue weighted by Gasteiger charge is 2.23. The van der Waals surface area contributed by atoms with Gasteiger partial charge in [-0.15, -0.1) is 11.3 Å². The van der Waals surface area contributed by atoms with Gasteiger partial charge in [-0.3, -0.25) is 0 Å². The normalized spacial score (nSPS) is 12.2. The number of aromatic amines is 1. The molecule has 0 radical (unpaired) electrons. The van der Waals surface area contributed by atoms with Crippen LogP contribution in [0.3, 0.4) is 0 Å². The van der Waals surface area contributed by atoms with Crippen molar-refractivity contribution in [2.24, 2.45) is 0 Å². The summed E-state index contributed by atoms with van der Waals surface area (Å²) >= 11 is 1.50. The van der Waals surface area contributed by atoms with Gasteiger partial charge in [0.25, 0.3) is 0 Å². The molecule has 0 aliphatic heterocycles. The summed E-state index contributed by atoms with van der Waals surface area (Å²) in [5.41, 5.74) is 3.85. The number of carbonyl (C=O) groups is 1. The Morgan fingerprint density at radius 2 is 2.00 bits per heavy atom. The van der Waals surface area contributed by atoms with Gasteiger partial charge in [-0.2, -0.15) is 0 Å². The molecule has 0 fully saturated rings. The van der Waals surface area contributed by atoms with E-state index in [4.69, 9.17) is 4.74 Å². The molecule has 0 bridgehead atoms. The lowest BCUT2D eigenvalue weighted by Gasteiger charge is -2.16. The van der Waals surface area contributed by atoms with Gasteiger partial charge in [0, 0.05) is 34.5 Å². The maximum absolute atomic E-state index is 12.1. The number of H-pyrrole nitrogens is 1. The van der Waals surface area contributed by atoms with Crippen molar-refractivity contribution in [2.45, 2.75) is 12.5 Å². The van der Waals surface area contributed by atoms with E-state index in [2.05, 4.69) is 20.3 Å². The highest BCUT2D eigenvalue weighted by Crippen LogP contribution is 2.37. The number of thiophene rings is 1. The second-order valence-corrected chi connectivity index (χ2v) is 8.24. The van der Waals surface area contributed by atoms with Gasteiger partial charge in [0.2, 0.25) is 0 Å². The molecule has 5 aromatic rings. The summed E-state index contributed by atoms with van der Waals surface area (Å²) in [6.45, 7) is 0. The first-order chi connectivity index (χ1) is 15.6. The molecule has 1 unspecified atom stereocenters. The molecule has 0 saturated heterocycles. The molecule has 3 aromatic heterocycles. The topological polar surface area (TPSA) is 100 Å². The van der Waals surface area contributed by atoms with E-state index in [0.29, 0.717) is 12.2 Å². The van der Waals surface area contributed by atoms with Crippen LogP contribution in [0.1, 0.15) is 5.56 Å². The molecule has 8 heteroatoms. The summed E-state index contributed by atoms with van der Waals surface area (Å²) in [4.78, 5) is 24.9. The number of hydrogen-bond acceptors (Lipinski definition) is 6. The average molecular weight is 445 g/mol. The average Bonchev–Trinajstić information content (AvgIpc) is 3.44. The van der Waals surface area contributed by atoms with Crippen LogP contribution in [0.2, 0.25) is 0 Å². The largest absolute Gasteiger partial charge is 0.497 e. The van der Waals surface area contributed by atoms with Crippen molar-refractivity contribution < 1.29 is 14.6 Å². The summed E-state index contributed by atoms with van der Waals surface area (Å²) in [6.07, 6.45) is 3.64. The van der Waals surface area contributed by atoms with Crippen LogP contribution in [-0.2, 0) is 11.2 Å². The van der Waals surface area contributed by atoms with Crippen molar-refractivity contribution in [2.75, 3.05) is 12.4 Å². The fourth-order valence-corrected chi connectivity index (χ4v) is 4.77. The number of ether oxygens (including phenoxy) is 1. The summed E-state index contributed by atoms with van der Waals surface area (Å²) in [5, 5.41) is 17.0. The molecule has 0 spiro atoms. The molecule has 1 atom stereocenters. The summed E-state index contributed by atoms with van der Waals surface area (Å²) in [5.74, 6) is 0.338. The molecule has 0 aliphatic carbocycles. The number of carboxylic acid groups (broad SMARTS) is 1. The number of rotatable bonds is 7. The van der Waals surface area contributed by atoms with Crippen LogP contribution >= 0.6 is 11.3 Å². The second-order valence-electron chi connectivity index (χ2n) is 7.38. The second kappa shape index (κ2) is 8.32. The quantitative estimate of drug-likeness (QED) is 0.328. The Kier molecular flexibility index (Phi) is 5.20. The van der Waals surface area contributed by atoms with E-state index in [1.807, 2.05) is 60.1 Å². The van der Waals surface area contributed by atoms with E-state index in [-0.39, 0.29) is 0 Å². The number of fused-ring (bicyclic) bond motifs is 2. The first-order valence-corrected chi connectivity index (χ1v) is 10.9. The van der Waals surface area contributed by atoms with E-state index in [9.17, 15) is 9.90 Å². The Morgan fingerprint density at radius 3 is 2.78 bits per heavy atom. The number of anilines is 1. The molecule has 0 saturated carbocycles. The van der Waals surface area contributed by atoms with Crippen LogP contribution < -0.4 is 10.1 Å². The van der Waals surface area contributed by atoms with Gasteiger partial charge in [-0.1, -0.05) is 30.3 Å². The van der Waals surface area contributed by atoms with Gasteiger partial charge in [-0.05, 0) is 29.3 Å². The highest BCUT2D eigenvalue weighted by atomic mass is 32.1. The number of hydrogen-bond donors (Lipinski definition) is 3. The fraction of sp³-hybridized carbons (Fsp3) is 0.125. The van der Waals surface area contributed by atoms with Crippen molar-refractivity contribution in [1.29, 1.82) is 0 Å². The minimum absolute atomic E-state index is 0.312. The minimum Gasteiger partial charge on any atom is -0.497 e. The molecular weight excluding hydrogens is 424 g/mol. The molecule has 0 aliphatic rings. The molecule has 3 heterocycles. The van der Waals surface area contributed by atoms with E-state index < -0.39 is 12.0 Å². The van der Waals surface area contributed by atoms with E-state index >= 15 is 0 Å². The Bertz CT molecular complexity index is 1410. The summed E-state index contributed by atoms with van der Waals surface area (Å²) < 4.78 is 5.25. The number of aliphatic carboxylic acids is 1. The predicted octanol–water partition coefficient (Wildman–Crippen LogP) is 4.96. The number of para-hydroxylation sites is 1. The zero-order valence-electron chi connectivity index (χ0n) is 17.2. The van der Waals surface area contributed by atoms with E-state index in [1.54, 1.807) is 7.11 Å². The summed E-state index contributed by atoms with van der Waals surface area (Å²) in [7, 11) is 1.63. The molecule has 2 aromatic carbocycles. The molecule has 0 amide bonds. The Hall–Kier alpha value is -3.91. The molecular formula is C24H20N4O3S. The van der Waals surface area contributed by atoms with Crippen molar-refractivity contribution in [1.82, 2.24) is 15.0 Å². The molecule has 32 heavy (non-hydrogen) atoms. The number of carboxylic acids is 1. The van der Waals surface area contributed by atoms with Crippen LogP contribution in [0.4, 0.5) is 5.82 Å². The molecule has 7 nitrogen and oxygen atoms in total. The van der Waals surface area contributed by atoms with Crippen LogP contribution in [0, 0.1) is 0 Å². The number of nitrogens with one attached hydrogen (secondary N) is 2. The number of aromatic nitrogens is 3. The third-order valence-corrected chi connectivity index (χ3v) is 6.37. The highest BCUT2D eigenvalue weighted by molar-refractivity contribution is 7.17. The minimum atomic E-state index is -0.941. The molecule has 160 valence electrons. The van der Waals surface area contributed by atoms with Gasteiger partial charge in [0.05, 0.1) is 12.5 Å². The van der Waals surface area contributed by atoms with E-state index in [0.717, 1.165) is 43.6 Å². The van der Waals surface area contributed by atoms with Crippen LogP contribution in [-0.4, -0.2) is 39.2 Å². The lowest BCUT2D eigenvalue weighted by molar-refractivity contribution is -0.137.